The summed E-state index contributed by atoms with van der Waals surface area (Å²) in [5.41, 5.74) is -0.180. The molecule has 0 radical (unpaired) electrons. The summed E-state index contributed by atoms with van der Waals surface area (Å²) >= 11 is 0. The summed E-state index contributed by atoms with van der Waals surface area (Å²) in [6.45, 7) is 1.38. The van der Waals surface area contributed by atoms with Crippen LogP contribution in [0.25, 0.3) is 6.08 Å². The number of carbonyl (C=O) groups excluding carboxylic acids is 2. The van der Waals surface area contributed by atoms with Crippen molar-refractivity contribution in [3.05, 3.63) is 65.7 Å². The molecule has 0 bridgehead atoms. The third-order valence-corrected chi connectivity index (χ3v) is 3.63. The molecule has 2 aromatic rings. The van der Waals surface area contributed by atoms with E-state index in [1.165, 1.54) is 32.2 Å². The minimum absolute atomic E-state index is 0.181. The van der Waals surface area contributed by atoms with Crippen LogP contribution in [0.2, 0.25) is 0 Å². The van der Waals surface area contributed by atoms with Gasteiger partial charge in [0.2, 0.25) is 0 Å². The summed E-state index contributed by atoms with van der Waals surface area (Å²) in [5, 5.41) is 2.57. The Kier molecular flexibility index (Phi) is 6.81. The summed E-state index contributed by atoms with van der Waals surface area (Å²) < 4.78 is 48.1. The van der Waals surface area contributed by atoms with Crippen LogP contribution in [0.5, 0.6) is 5.75 Å². The normalized spacial score (nSPS) is 12.5. The van der Waals surface area contributed by atoms with E-state index in [9.17, 15) is 22.8 Å². The highest BCUT2D eigenvalue weighted by Crippen LogP contribution is 2.29. The molecule has 148 valence electrons. The van der Waals surface area contributed by atoms with Gasteiger partial charge in [-0.15, -0.1) is 0 Å². The number of halogens is 3. The van der Waals surface area contributed by atoms with Gasteiger partial charge in [-0.2, -0.15) is 13.2 Å². The molecule has 1 amide bonds. The molecule has 0 saturated heterocycles. The van der Waals surface area contributed by atoms with Gasteiger partial charge in [0.25, 0.3) is 5.91 Å². The number of hydrogen-bond acceptors (Lipinski definition) is 4. The molecule has 1 atom stereocenters. The number of alkyl halides is 3. The van der Waals surface area contributed by atoms with Crippen molar-refractivity contribution in [2.75, 3.05) is 12.4 Å². The average Bonchev–Trinajstić information content (AvgIpc) is 2.66. The molecular formula is C20H18F3NO4. The van der Waals surface area contributed by atoms with Crippen molar-refractivity contribution in [2.45, 2.75) is 19.2 Å². The number of amides is 1. The Hall–Kier alpha value is -3.29. The van der Waals surface area contributed by atoms with Crippen molar-refractivity contribution in [1.29, 1.82) is 0 Å². The summed E-state index contributed by atoms with van der Waals surface area (Å²) in [5.74, 6) is -0.869. The lowest BCUT2D eigenvalue weighted by Gasteiger charge is -2.13. The van der Waals surface area contributed by atoms with Gasteiger partial charge < -0.3 is 14.8 Å². The number of methoxy groups -OCH3 is 1. The number of esters is 1. The van der Waals surface area contributed by atoms with Crippen LogP contribution in [0, 0.1) is 0 Å². The minimum Gasteiger partial charge on any atom is -0.497 e. The second-order valence-electron chi connectivity index (χ2n) is 5.76. The Morgan fingerprint density at radius 3 is 2.50 bits per heavy atom. The quantitative estimate of drug-likeness (QED) is 0.587. The van der Waals surface area contributed by atoms with E-state index in [0.717, 1.165) is 18.2 Å². The van der Waals surface area contributed by atoms with Gasteiger partial charge in [0.15, 0.2) is 6.10 Å². The lowest BCUT2D eigenvalue weighted by Crippen LogP contribution is -2.29. The number of hydrogen-bond donors (Lipinski definition) is 1. The predicted octanol–water partition coefficient (Wildman–Crippen LogP) is 4.30. The van der Waals surface area contributed by atoms with Gasteiger partial charge in [-0.05, 0) is 42.8 Å². The molecule has 8 heteroatoms. The molecule has 0 fully saturated rings. The monoisotopic (exact) mass is 393 g/mol. The number of benzene rings is 2. The molecule has 0 aromatic heterocycles. The standard InChI is InChI=1S/C20H18F3NO4/c1-13(19(26)24-16-7-4-8-17(12-16)27-2)28-18(25)10-9-14-5-3-6-15(11-14)20(21,22)23/h3-13H,1-2H3,(H,24,26)/b10-9+/t13-/m0/s1. The van der Waals surface area contributed by atoms with Gasteiger partial charge in [-0.25, -0.2) is 4.79 Å². The molecular weight excluding hydrogens is 375 g/mol. The summed E-state index contributed by atoms with van der Waals surface area (Å²) in [6, 6.07) is 11.1. The summed E-state index contributed by atoms with van der Waals surface area (Å²) in [4.78, 5) is 23.9. The van der Waals surface area contributed by atoms with Crippen LogP contribution in [0.4, 0.5) is 18.9 Å². The first-order valence-corrected chi connectivity index (χ1v) is 8.20. The Bertz CT molecular complexity index is 878. The van der Waals surface area contributed by atoms with E-state index in [4.69, 9.17) is 9.47 Å². The van der Waals surface area contributed by atoms with Gasteiger partial charge in [0, 0.05) is 17.8 Å². The molecule has 0 saturated carbocycles. The lowest BCUT2D eigenvalue weighted by molar-refractivity contribution is -0.148. The molecule has 1 N–H and O–H groups in total. The van der Waals surface area contributed by atoms with Gasteiger partial charge in [-0.1, -0.05) is 18.2 Å². The zero-order valence-corrected chi connectivity index (χ0v) is 15.1. The summed E-state index contributed by atoms with van der Waals surface area (Å²) in [6.07, 6.45) is -3.43. The van der Waals surface area contributed by atoms with Crippen LogP contribution in [-0.2, 0) is 20.5 Å². The van der Waals surface area contributed by atoms with Crippen LogP contribution in [0.15, 0.2) is 54.6 Å². The SMILES string of the molecule is COc1cccc(NC(=O)[C@H](C)OC(=O)/C=C/c2cccc(C(F)(F)F)c2)c1. The Morgan fingerprint density at radius 2 is 1.82 bits per heavy atom. The van der Waals surface area contributed by atoms with Gasteiger partial charge >= 0.3 is 12.1 Å². The topological polar surface area (TPSA) is 64.6 Å². The molecule has 2 aromatic carbocycles. The average molecular weight is 393 g/mol. The smallest absolute Gasteiger partial charge is 0.416 e. The second-order valence-corrected chi connectivity index (χ2v) is 5.76. The second kappa shape index (κ2) is 9.07. The van der Waals surface area contributed by atoms with E-state index < -0.39 is 29.7 Å². The molecule has 0 aliphatic carbocycles. The van der Waals surface area contributed by atoms with Crippen molar-refractivity contribution in [2.24, 2.45) is 0 Å². The van der Waals surface area contributed by atoms with E-state index >= 15 is 0 Å². The van der Waals surface area contributed by atoms with E-state index in [1.807, 2.05) is 0 Å². The molecule has 0 spiro atoms. The molecule has 5 nitrogen and oxygen atoms in total. The number of carbonyl (C=O) groups is 2. The van der Waals surface area contributed by atoms with Crippen molar-refractivity contribution in [1.82, 2.24) is 0 Å². The number of nitrogens with one attached hydrogen (secondary N) is 1. The van der Waals surface area contributed by atoms with Crippen LogP contribution >= 0.6 is 0 Å². The molecule has 0 aliphatic rings. The van der Waals surface area contributed by atoms with Crippen molar-refractivity contribution >= 4 is 23.6 Å². The van der Waals surface area contributed by atoms with Gasteiger partial charge in [-0.3, -0.25) is 4.79 Å². The van der Waals surface area contributed by atoms with Crippen molar-refractivity contribution in [3.8, 4) is 5.75 Å². The first-order valence-electron chi connectivity index (χ1n) is 8.20. The maximum Gasteiger partial charge on any atom is 0.416 e. The van der Waals surface area contributed by atoms with Gasteiger partial charge in [0.1, 0.15) is 5.75 Å². The Balaban J connectivity index is 1.94. The lowest BCUT2D eigenvalue weighted by atomic mass is 10.1. The van der Waals surface area contributed by atoms with Crippen LogP contribution in [0.3, 0.4) is 0 Å². The van der Waals surface area contributed by atoms with E-state index in [1.54, 1.807) is 24.3 Å². The van der Waals surface area contributed by atoms with Crippen LogP contribution in [0.1, 0.15) is 18.1 Å². The fraction of sp³-hybridized carbons (Fsp3) is 0.200. The van der Waals surface area contributed by atoms with E-state index in [2.05, 4.69) is 5.32 Å². The number of ether oxygens (including phenoxy) is 2. The Morgan fingerprint density at radius 1 is 1.11 bits per heavy atom. The highest BCUT2D eigenvalue weighted by Gasteiger charge is 2.30. The molecule has 0 heterocycles. The summed E-state index contributed by atoms with van der Waals surface area (Å²) in [7, 11) is 1.49. The van der Waals surface area contributed by atoms with Crippen LogP contribution < -0.4 is 10.1 Å². The molecule has 0 unspecified atom stereocenters. The van der Waals surface area contributed by atoms with Crippen molar-refractivity contribution < 1.29 is 32.2 Å². The van der Waals surface area contributed by atoms with Gasteiger partial charge in [0.05, 0.1) is 12.7 Å². The fourth-order valence-electron chi connectivity index (χ4n) is 2.19. The van der Waals surface area contributed by atoms with E-state index in [0.29, 0.717) is 11.4 Å². The minimum atomic E-state index is -4.48. The first kappa shape index (κ1) is 21.0. The molecule has 2 rings (SSSR count). The zero-order valence-electron chi connectivity index (χ0n) is 15.1. The third-order valence-electron chi connectivity index (χ3n) is 3.63. The Labute approximate surface area is 159 Å². The maximum atomic E-state index is 12.7. The highest BCUT2D eigenvalue weighted by atomic mass is 19.4. The molecule has 0 aliphatic heterocycles. The molecule has 28 heavy (non-hydrogen) atoms. The highest BCUT2D eigenvalue weighted by molar-refractivity contribution is 5.96. The third kappa shape index (κ3) is 6.15. The predicted molar refractivity (Wildman–Crippen MR) is 97.7 cm³/mol. The largest absolute Gasteiger partial charge is 0.497 e. The van der Waals surface area contributed by atoms with E-state index in [-0.39, 0.29) is 5.56 Å². The van der Waals surface area contributed by atoms with Crippen LogP contribution in [-0.4, -0.2) is 25.1 Å². The maximum absolute atomic E-state index is 12.7. The fourth-order valence-corrected chi connectivity index (χ4v) is 2.19. The van der Waals surface area contributed by atoms with Crippen molar-refractivity contribution in [3.63, 3.8) is 0 Å². The first-order chi connectivity index (χ1) is 13.2. The zero-order chi connectivity index (χ0) is 20.7. The number of anilines is 1. The number of rotatable bonds is 6.